The van der Waals surface area contributed by atoms with Gasteiger partial charge in [0.25, 0.3) is 0 Å². The fraction of sp³-hybridized carbons (Fsp3) is 0.409. The first-order valence-corrected chi connectivity index (χ1v) is 9.80. The quantitative estimate of drug-likeness (QED) is 0.624. The van der Waals surface area contributed by atoms with Gasteiger partial charge in [0.05, 0.1) is 25.9 Å². The van der Waals surface area contributed by atoms with Crippen molar-refractivity contribution in [3.05, 3.63) is 65.7 Å². The zero-order valence-corrected chi connectivity index (χ0v) is 16.3. The molecule has 0 aromatic heterocycles. The molecule has 0 radical (unpaired) electrons. The van der Waals surface area contributed by atoms with Crippen LogP contribution in [-0.4, -0.2) is 60.4 Å². The number of carboxylic acid groups (broad SMARTS) is 1. The summed E-state index contributed by atoms with van der Waals surface area (Å²) in [5.74, 6) is 0.695. The lowest BCUT2D eigenvalue weighted by atomic mass is 9.88. The molecule has 156 valence electrons. The fourth-order valence-electron chi connectivity index (χ4n) is 3.45. The Hall–Kier alpha value is -2.61. The van der Waals surface area contributed by atoms with Crippen LogP contribution >= 0.6 is 0 Å². The van der Waals surface area contributed by atoms with Gasteiger partial charge in [-0.3, -0.25) is 0 Å². The highest BCUT2D eigenvalue weighted by molar-refractivity contribution is 5.56. The van der Waals surface area contributed by atoms with Crippen molar-refractivity contribution in [2.24, 2.45) is 0 Å². The van der Waals surface area contributed by atoms with Crippen LogP contribution in [0.15, 0.2) is 54.6 Å². The summed E-state index contributed by atoms with van der Waals surface area (Å²) in [6.07, 6.45) is -0.549. The van der Waals surface area contributed by atoms with Crippen molar-refractivity contribution in [3.8, 4) is 5.75 Å². The van der Waals surface area contributed by atoms with Gasteiger partial charge < -0.3 is 24.5 Å². The highest BCUT2D eigenvalue weighted by Gasteiger charge is 2.30. The first-order valence-electron chi connectivity index (χ1n) is 9.80. The van der Waals surface area contributed by atoms with E-state index in [2.05, 4.69) is 17.0 Å². The Kier molecular flexibility index (Phi) is 7.86. The van der Waals surface area contributed by atoms with E-state index >= 15 is 0 Å². The maximum atomic E-state index is 10.6. The van der Waals surface area contributed by atoms with E-state index in [0.717, 1.165) is 17.7 Å². The molecule has 2 aromatic rings. The first-order chi connectivity index (χ1) is 14.1. The number of aliphatic hydroxyl groups is 1. The summed E-state index contributed by atoms with van der Waals surface area (Å²) >= 11 is 0. The molecule has 2 N–H and O–H groups in total. The molecular formula is C22H27NO6. The van der Waals surface area contributed by atoms with E-state index in [4.69, 9.17) is 14.6 Å². The average Bonchev–Trinajstić information content (AvgIpc) is 2.72. The number of hydrogen-bond donors (Lipinski definition) is 2. The molecule has 29 heavy (non-hydrogen) atoms. The summed E-state index contributed by atoms with van der Waals surface area (Å²) in [5.41, 5.74) is 2.26. The fourth-order valence-corrected chi connectivity index (χ4v) is 3.45. The zero-order valence-electron chi connectivity index (χ0n) is 16.3. The van der Waals surface area contributed by atoms with Gasteiger partial charge in [-0.15, -0.1) is 5.06 Å². The molecule has 0 spiro atoms. The second-order valence-electron chi connectivity index (χ2n) is 6.97. The minimum Gasteiger partial charge on any atom is -0.491 e. The standard InChI is InChI=1S/C22H27NO6/c24-21-16-23(29-22(25)26)12-10-20(21)18-6-8-19(9-7-18)28-15-14-27-13-11-17-4-2-1-3-5-17/h1-9,20-21,24H,10-16H2,(H,25,26). The molecule has 3 rings (SSSR count). The molecule has 1 fully saturated rings. The smallest absolute Gasteiger partial charge is 0.491 e. The van der Waals surface area contributed by atoms with E-state index in [1.807, 2.05) is 42.5 Å². The molecule has 1 heterocycles. The predicted octanol–water partition coefficient (Wildman–Crippen LogP) is 3.08. The third-order valence-electron chi connectivity index (χ3n) is 4.93. The van der Waals surface area contributed by atoms with Gasteiger partial charge in [0, 0.05) is 12.5 Å². The normalized spacial score (nSPS) is 19.6. The minimum absolute atomic E-state index is 0.0565. The topological polar surface area (TPSA) is 88.5 Å². The predicted molar refractivity (Wildman–Crippen MR) is 107 cm³/mol. The van der Waals surface area contributed by atoms with Crippen molar-refractivity contribution in [2.75, 3.05) is 32.9 Å². The lowest BCUT2D eigenvalue weighted by Gasteiger charge is -2.34. The molecule has 1 saturated heterocycles. The Morgan fingerprint density at radius 1 is 1.03 bits per heavy atom. The van der Waals surface area contributed by atoms with Gasteiger partial charge in [-0.1, -0.05) is 42.5 Å². The Balaban J connectivity index is 1.36. The summed E-state index contributed by atoms with van der Waals surface area (Å²) in [6, 6.07) is 17.9. The van der Waals surface area contributed by atoms with E-state index < -0.39 is 12.3 Å². The van der Waals surface area contributed by atoms with Crippen LogP contribution in [-0.2, 0) is 16.0 Å². The maximum Gasteiger partial charge on any atom is 0.525 e. The largest absolute Gasteiger partial charge is 0.525 e. The molecule has 2 unspecified atom stereocenters. The van der Waals surface area contributed by atoms with Crippen molar-refractivity contribution >= 4 is 6.16 Å². The van der Waals surface area contributed by atoms with Crippen LogP contribution in [0.1, 0.15) is 23.5 Å². The van der Waals surface area contributed by atoms with Gasteiger partial charge in [-0.2, -0.15) is 0 Å². The zero-order chi connectivity index (χ0) is 20.5. The van der Waals surface area contributed by atoms with E-state index in [9.17, 15) is 9.90 Å². The SMILES string of the molecule is O=C(O)ON1CCC(c2ccc(OCCOCCc3ccccc3)cc2)C(O)C1. The van der Waals surface area contributed by atoms with E-state index in [-0.39, 0.29) is 12.5 Å². The summed E-state index contributed by atoms with van der Waals surface area (Å²) in [7, 11) is 0. The van der Waals surface area contributed by atoms with Crippen molar-refractivity contribution in [1.29, 1.82) is 0 Å². The van der Waals surface area contributed by atoms with Crippen LogP contribution in [0.3, 0.4) is 0 Å². The van der Waals surface area contributed by atoms with Gasteiger partial charge >= 0.3 is 6.16 Å². The molecule has 0 amide bonds. The third-order valence-corrected chi connectivity index (χ3v) is 4.93. The number of rotatable bonds is 9. The van der Waals surface area contributed by atoms with E-state index in [1.54, 1.807) is 0 Å². The van der Waals surface area contributed by atoms with E-state index in [0.29, 0.717) is 32.8 Å². The molecule has 7 heteroatoms. The Labute approximate surface area is 170 Å². The molecule has 2 atom stereocenters. The Bertz CT molecular complexity index is 752. The highest BCUT2D eigenvalue weighted by Crippen LogP contribution is 2.29. The lowest BCUT2D eigenvalue weighted by molar-refractivity contribution is -0.154. The molecule has 1 aliphatic heterocycles. The van der Waals surface area contributed by atoms with Crippen LogP contribution in [0, 0.1) is 0 Å². The van der Waals surface area contributed by atoms with Crippen molar-refractivity contribution < 1.29 is 29.3 Å². The third kappa shape index (κ3) is 6.74. The summed E-state index contributed by atoms with van der Waals surface area (Å²) in [6.45, 7) is 2.27. The van der Waals surface area contributed by atoms with Crippen molar-refractivity contribution in [1.82, 2.24) is 5.06 Å². The second-order valence-corrected chi connectivity index (χ2v) is 6.97. The number of nitrogens with zero attached hydrogens (tertiary/aromatic N) is 1. The number of benzene rings is 2. The van der Waals surface area contributed by atoms with E-state index in [1.165, 1.54) is 10.6 Å². The summed E-state index contributed by atoms with van der Waals surface area (Å²) in [4.78, 5) is 15.2. The number of aliphatic hydroxyl groups excluding tert-OH is 1. The second kappa shape index (κ2) is 10.8. The number of β-amino-alcohol motifs (C(OH)–C–C–N with tert-alkyl or cyclic N) is 1. The number of carbonyl (C=O) groups is 1. The van der Waals surface area contributed by atoms with Crippen molar-refractivity contribution in [2.45, 2.75) is 24.9 Å². The monoisotopic (exact) mass is 401 g/mol. The minimum atomic E-state index is -1.36. The Morgan fingerprint density at radius 2 is 1.79 bits per heavy atom. The van der Waals surface area contributed by atoms with Crippen LogP contribution in [0.5, 0.6) is 5.75 Å². The van der Waals surface area contributed by atoms with Crippen LogP contribution in [0.25, 0.3) is 0 Å². The van der Waals surface area contributed by atoms with Gasteiger partial charge in [0.15, 0.2) is 0 Å². The highest BCUT2D eigenvalue weighted by atomic mass is 16.8. The van der Waals surface area contributed by atoms with Gasteiger partial charge in [-0.05, 0) is 36.1 Å². The summed E-state index contributed by atoms with van der Waals surface area (Å²) in [5, 5.41) is 20.3. The first kappa shape index (κ1) is 21.1. The number of piperidine rings is 1. The molecule has 1 aliphatic rings. The number of ether oxygens (including phenoxy) is 2. The number of hydroxylamine groups is 2. The molecule has 7 nitrogen and oxygen atoms in total. The molecule has 0 bridgehead atoms. The van der Waals surface area contributed by atoms with Crippen LogP contribution < -0.4 is 4.74 Å². The average molecular weight is 401 g/mol. The van der Waals surface area contributed by atoms with Gasteiger partial charge in [-0.25, -0.2) is 4.79 Å². The Morgan fingerprint density at radius 3 is 2.48 bits per heavy atom. The maximum absolute atomic E-state index is 10.6. The van der Waals surface area contributed by atoms with Crippen LogP contribution in [0.2, 0.25) is 0 Å². The van der Waals surface area contributed by atoms with Gasteiger partial charge in [0.1, 0.15) is 12.4 Å². The lowest BCUT2D eigenvalue weighted by Crippen LogP contribution is -2.43. The molecule has 0 saturated carbocycles. The number of hydrogen-bond acceptors (Lipinski definition) is 6. The molecular weight excluding hydrogens is 374 g/mol. The summed E-state index contributed by atoms with van der Waals surface area (Å²) < 4.78 is 11.3. The van der Waals surface area contributed by atoms with Crippen LogP contribution in [0.4, 0.5) is 4.79 Å². The molecule has 2 aromatic carbocycles. The molecule has 0 aliphatic carbocycles. The van der Waals surface area contributed by atoms with Crippen molar-refractivity contribution in [3.63, 3.8) is 0 Å². The van der Waals surface area contributed by atoms with Gasteiger partial charge in [0.2, 0.25) is 0 Å².